The number of primary amides is 1. The van der Waals surface area contributed by atoms with Gasteiger partial charge < -0.3 is 15.8 Å². The maximum absolute atomic E-state index is 12.8. The second kappa shape index (κ2) is 6.79. The molecule has 2 atom stereocenters. The highest BCUT2D eigenvalue weighted by molar-refractivity contribution is 5.96. The largest absolute Gasteiger partial charge is 0.573 e. The van der Waals surface area contributed by atoms with Gasteiger partial charge in [0.2, 0.25) is 11.8 Å². The van der Waals surface area contributed by atoms with Crippen LogP contribution in [-0.4, -0.2) is 24.7 Å². The number of ether oxygens (including phenoxy) is 1. The maximum atomic E-state index is 12.8. The van der Waals surface area contributed by atoms with Crippen molar-refractivity contribution < 1.29 is 27.5 Å². The van der Waals surface area contributed by atoms with E-state index in [1.807, 2.05) is 6.07 Å². The van der Waals surface area contributed by atoms with Gasteiger partial charge in [0.15, 0.2) is 0 Å². The molecule has 1 saturated heterocycles. The van der Waals surface area contributed by atoms with Gasteiger partial charge in [-0.15, -0.1) is 13.2 Å². The average molecular weight is 404 g/mol. The zero-order chi connectivity index (χ0) is 20.8. The van der Waals surface area contributed by atoms with Crippen molar-refractivity contribution >= 4 is 11.8 Å². The minimum atomic E-state index is -4.75. The minimum Gasteiger partial charge on any atom is -0.406 e. The summed E-state index contributed by atoms with van der Waals surface area (Å²) in [4.78, 5) is 24.7. The van der Waals surface area contributed by atoms with Crippen molar-refractivity contribution in [3.63, 3.8) is 0 Å². The molecule has 1 spiro atoms. The number of benzene rings is 2. The number of halogens is 3. The molecule has 29 heavy (non-hydrogen) atoms. The lowest BCUT2D eigenvalue weighted by molar-refractivity contribution is -0.274. The third-order valence-electron chi connectivity index (χ3n) is 5.92. The van der Waals surface area contributed by atoms with Gasteiger partial charge >= 0.3 is 6.36 Å². The summed E-state index contributed by atoms with van der Waals surface area (Å²) < 4.78 is 41.1. The van der Waals surface area contributed by atoms with E-state index < -0.39 is 17.7 Å². The Balaban J connectivity index is 1.69. The molecule has 2 unspecified atom stereocenters. The van der Waals surface area contributed by atoms with Crippen molar-refractivity contribution in [3.05, 3.63) is 64.7 Å². The lowest BCUT2D eigenvalue weighted by Crippen LogP contribution is -2.36. The summed E-state index contributed by atoms with van der Waals surface area (Å²) in [6.45, 7) is 0.549. The molecule has 0 saturated carbocycles. The number of hydrogen-bond donors (Lipinski definition) is 2. The van der Waals surface area contributed by atoms with E-state index in [1.165, 1.54) is 12.1 Å². The third-order valence-corrected chi connectivity index (χ3v) is 5.92. The first-order valence-corrected chi connectivity index (χ1v) is 9.24. The molecule has 3 N–H and O–H groups in total. The van der Waals surface area contributed by atoms with Crippen LogP contribution >= 0.6 is 0 Å². The van der Waals surface area contributed by atoms with Gasteiger partial charge in [-0.1, -0.05) is 24.3 Å². The van der Waals surface area contributed by atoms with Gasteiger partial charge in [0.25, 0.3) is 0 Å². The Kier molecular flexibility index (Phi) is 4.52. The zero-order valence-corrected chi connectivity index (χ0v) is 15.4. The van der Waals surface area contributed by atoms with Crippen LogP contribution in [0.1, 0.15) is 39.4 Å². The summed E-state index contributed by atoms with van der Waals surface area (Å²) >= 11 is 0. The SMILES string of the molecule is NC(=O)c1cccc2c1CC1(CCNC1=O)C2Cc1ccc(OC(F)(F)F)cc1. The molecular formula is C21H19F3N2O3. The van der Waals surface area contributed by atoms with Crippen LogP contribution in [-0.2, 0) is 17.6 Å². The summed E-state index contributed by atoms with van der Waals surface area (Å²) in [5, 5.41) is 2.89. The molecule has 1 aliphatic heterocycles. The van der Waals surface area contributed by atoms with E-state index in [-0.39, 0.29) is 17.6 Å². The zero-order valence-electron chi connectivity index (χ0n) is 15.4. The first kappa shape index (κ1) is 19.3. The van der Waals surface area contributed by atoms with Crippen LogP contribution in [0.4, 0.5) is 13.2 Å². The highest BCUT2D eigenvalue weighted by Gasteiger charge is 2.54. The van der Waals surface area contributed by atoms with Crippen molar-refractivity contribution in [3.8, 4) is 5.75 Å². The maximum Gasteiger partial charge on any atom is 0.573 e. The fourth-order valence-corrected chi connectivity index (χ4v) is 4.65. The number of rotatable bonds is 4. The molecule has 0 radical (unpaired) electrons. The Morgan fingerprint density at radius 1 is 1.21 bits per heavy atom. The number of nitrogens with two attached hydrogens (primary N) is 1. The predicted octanol–water partition coefficient (Wildman–Crippen LogP) is 3.07. The molecular weight excluding hydrogens is 385 g/mol. The van der Waals surface area contributed by atoms with Crippen molar-refractivity contribution in [2.24, 2.45) is 11.1 Å². The van der Waals surface area contributed by atoms with Crippen LogP contribution < -0.4 is 15.8 Å². The van der Waals surface area contributed by atoms with Crippen molar-refractivity contribution in [1.29, 1.82) is 0 Å². The van der Waals surface area contributed by atoms with Crippen LogP contribution in [0.5, 0.6) is 5.75 Å². The molecule has 1 fully saturated rings. The lowest BCUT2D eigenvalue weighted by atomic mass is 9.72. The van der Waals surface area contributed by atoms with Gasteiger partial charge in [0, 0.05) is 18.0 Å². The van der Waals surface area contributed by atoms with Gasteiger partial charge in [-0.05, 0) is 54.2 Å². The predicted molar refractivity (Wildman–Crippen MR) is 98.3 cm³/mol. The van der Waals surface area contributed by atoms with Gasteiger partial charge in [0.1, 0.15) is 5.75 Å². The first-order chi connectivity index (χ1) is 13.7. The second-order valence-corrected chi connectivity index (χ2v) is 7.52. The van der Waals surface area contributed by atoms with E-state index >= 15 is 0 Å². The number of hydrogen-bond acceptors (Lipinski definition) is 3. The van der Waals surface area contributed by atoms with Crippen LogP contribution in [0.15, 0.2) is 42.5 Å². The fourth-order valence-electron chi connectivity index (χ4n) is 4.65. The van der Waals surface area contributed by atoms with Crippen molar-refractivity contribution in [2.45, 2.75) is 31.5 Å². The quantitative estimate of drug-likeness (QED) is 0.822. The van der Waals surface area contributed by atoms with Gasteiger partial charge in [-0.25, -0.2) is 0 Å². The molecule has 1 heterocycles. The molecule has 1 aliphatic carbocycles. The Morgan fingerprint density at radius 2 is 1.93 bits per heavy atom. The Bertz CT molecular complexity index is 972. The summed E-state index contributed by atoms with van der Waals surface area (Å²) in [5.41, 5.74) is 7.72. The normalized spacial score (nSPS) is 23.1. The summed E-state index contributed by atoms with van der Waals surface area (Å²) in [6, 6.07) is 11.0. The first-order valence-electron chi connectivity index (χ1n) is 9.24. The van der Waals surface area contributed by atoms with E-state index in [0.29, 0.717) is 31.4 Å². The molecule has 2 amide bonds. The third kappa shape index (κ3) is 3.43. The van der Waals surface area contributed by atoms with E-state index in [0.717, 1.165) is 16.7 Å². The van der Waals surface area contributed by atoms with Crippen LogP contribution in [0.3, 0.4) is 0 Å². The van der Waals surface area contributed by atoms with Crippen LogP contribution in [0, 0.1) is 5.41 Å². The average Bonchev–Trinajstić information content (AvgIpc) is 3.16. The smallest absolute Gasteiger partial charge is 0.406 e. The minimum absolute atomic E-state index is 0.0638. The number of fused-ring (bicyclic) bond motifs is 1. The van der Waals surface area contributed by atoms with Crippen molar-refractivity contribution in [1.82, 2.24) is 5.32 Å². The molecule has 0 aromatic heterocycles. The van der Waals surface area contributed by atoms with Crippen molar-refractivity contribution in [2.75, 3.05) is 6.54 Å². The number of carbonyl (C=O) groups is 2. The van der Waals surface area contributed by atoms with Gasteiger partial charge in [-0.3, -0.25) is 9.59 Å². The number of amides is 2. The number of alkyl halides is 3. The topological polar surface area (TPSA) is 81.4 Å². The molecule has 152 valence electrons. The molecule has 2 aliphatic rings. The molecule has 4 rings (SSSR count). The van der Waals surface area contributed by atoms with E-state index in [4.69, 9.17) is 5.73 Å². The Morgan fingerprint density at radius 3 is 2.52 bits per heavy atom. The van der Waals surface area contributed by atoms with E-state index in [2.05, 4.69) is 10.1 Å². The van der Waals surface area contributed by atoms with E-state index in [9.17, 15) is 22.8 Å². The lowest BCUT2D eigenvalue weighted by Gasteiger charge is -2.29. The molecule has 0 bridgehead atoms. The molecule has 8 heteroatoms. The highest BCUT2D eigenvalue weighted by Crippen LogP contribution is 2.53. The second-order valence-electron chi connectivity index (χ2n) is 7.52. The Labute approximate surface area is 165 Å². The number of nitrogens with one attached hydrogen (secondary N) is 1. The molecule has 2 aromatic rings. The van der Waals surface area contributed by atoms with E-state index in [1.54, 1.807) is 24.3 Å². The molecule has 2 aromatic carbocycles. The van der Waals surface area contributed by atoms with Crippen LogP contribution in [0.25, 0.3) is 0 Å². The van der Waals surface area contributed by atoms with Crippen LogP contribution in [0.2, 0.25) is 0 Å². The van der Waals surface area contributed by atoms with Gasteiger partial charge in [0.05, 0.1) is 5.41 Å². The summed E-state index contributed by atoms with van der Waals surface area (Å²) in [7, 11) is 0. The Hall–Kier alpha value is -3.03. The fraction of sp³-hybridized carbons (Fsp3) is 0.333. The highest BCUT2D eigenvalue weighted by atomic mass is 19.4. The monoisotopic (exact) mass is 404 g/mol. The standard InChI is InChI=1S/C21H19F3N2O3/c22-21(23,24)29-13-6-4-12(5-7-13)10-17-14-2-1-3-15(18(25)27)16(14)11-20(17)8-9-26-19(20)28/h1-7,17H,8-11H2,(H2,25,27)(H,26,28). The molecule has 5 nitrogen and oxygen atoms in total. The van der Waals surface area contributed by atoms with Gasteiger partial charge in [-0.2, -0.15) is 0 Å². The number of carbonyl (C=O) groups excluding carboxylic acids is 2. The summed E-state index contributed by atoms with van der Waals surface area (Å²) in [6.07, 6.45) is -3.25. The summed E-state index contributed by atoms with van der Waals surface area (Å²) in [5.74, 6) is -1.10.